The fraction of sp³-hybridized carbons (Fsp3) is 1.00. The first-order valence-electron chi connectivity index (χ1n) is 5.46. The smallest absolute Gasteiger partial charge is 0.0737 e. The van der Waals surface area contributed by atoms with Crippen molar-refractivity contribution in [1.29, 1.82) is 0 Å². The number of aliphatic hydroxyl groups is 3. The molecule has 18 heavy (non-hydrogen) atoms. The van der Waals surface area contributed by atoms with Crippen LogP contribution in [-0.2, 0) is 0 Å². The van der Waals surface area contributed by atoms with E-state index < -0.39 is 0 Å². The van der Waals surface area contributed by atoms with Gasteiger partial charge in [-0.15, -0.1) is 0 Å². The quantitative estimate of drug-likeness (QED) is 0.560. The SMILES string of the molecule is OC1CSSCC(O)CSSCC(O)CSSC1. The van der Waals surface area contributed by atoms with E-state index in [0.29, 0.717) is 34.5 Å². The Morgan fingerprint density at radius 3 is 0.778 bits per heavy atom. The summed E-state index contributed by atoms with van der Waals surface area (Å²) in [4.78, 5) is 0. The van der Waals surface area contributed by atoms with Gasteiger partial charge in [-0.1, -0.05) is 64.8 Å². The zero-order valence-electron chi connectivity index (χ0n) is 9.77. The Morgan fingerprint density at radius 2 is 0.611 bits per heavy atom. The summed E-state index contributed by atoms with van der Waals surface area (Å²) in [5.41, 5.74) is 0. The minimum Gasteiger partial charge on any atom is -0.391 e. The molecule has 0 aromatic rings. The molecule has 0 amide bonds. The summed E-state index contributed by atoms with van der Waals surface area (Å²) >= 11 is 0. The largest absolute Gasteiger partial charge is 0.391 e. The van der Waals surface area contributed by atoms with Crippen LogP contribution in [0, 0.1) is 0 Å². The molecule has 0 radical (unpaired) electrons. The molecular weight excluding hydrogens is 348 g/mol. The zero-order valence-corrected chi connectivity index (χ0v) is 14.7. The summed E-state index contributed by atoms with van der Waals surface area (Å²) in [5, 5.41) is 29.1. The van der Waals surface area contributed by atoms with Gasteiger partial charge in [-0.3, -0.25) is 0 Å². The minimum atomic E-state index is -0.317. The molecule has 3 nitrogen and oxygen atoms in total. The third kappa shape index (κ3) is 9.82. The van der Waals surface area contributed by atoms with Crippen molar-refractivity contribution >= 4 is 64.8 Å². The van der Waals surface area contributed by atoms with Gasteiger partial charge in [0.15, 0.2) is 0 Å². The molecule has 1 saturated heterocycles. The topological polar surface area (TPSA) is 60.7 Å². The van der Waals surface area contributed by atoms with E-state index in [9.17, 15) is 15.3 Å². The van der Waals surface area contributed by atoms with Crippen LogP contribution >= 0.6 is 64.8 Å². The average molecular weight is 367 g/mol. The summed E-state index contributed by atoms with van der Waals surface area (Å²) in [6, 6.07) is 0. The maximum Gasteiger partial charge on any atom is 0.0737 e. The van der Waals surface area contributed by atoms with Crippen LogP contribution in [0.3, 0.4) is 0 Å². The normalized spacial score (nSPS) is 34.5. The van der Waals surface area contributed by atoms with E-state index in [-0.39, 0.29) is 18.3 Å². The van der Waals surface area contributed by atoms with Crippen molar-refractivity contribution in [3.63, 3.8) is 0 Å². The van der Waals surface area contributed by atoms with Crippen molar-refractivity contribution in [3.8, 4) is 0 Å². The molecule has 9 heteroatoms. The van der Waals surface area contributed by atoms with Crippen LogP contribution in [0.25, 0.3) is 0 Å². The van der Waals surface area contributed by atoms with Crippen molar-refractivity contribution in [3.05, 3.63) is 0 Å². The molecule has 0 bridgehead atoms. The standard InChI is InChI=1S/C9H18O3S6/c10-7-1-13-14-3-8(11)4-17-18-6-9(12)5-16-15-2-7/h7-12H,1-6H2. The van der Waals surface area contributed by atoms with Crippen molar-refractivity contribution < 1.29 is 15.3 Å². The number of aliphatic hydroxyl groups excluding tert-OH is 3. The Kier molecular flexibility index (Phi) is 11.6. The van der Waals surface area contributed by atoms with Crippen LogP contribution in [0.5, 0.6) is 0 Å². The van der Waals surface area contributed by atoms with Gasteiger partial charge in [0, 0.05) is 34.5 Å². The molecule has 0 atom stereocenters. The second-order valence-corrected chi connectivity index (χ2v) is 11.3. The van der Waals surface area contributed by atoms with E-state index in [1.54, 1.807) is 64.8 Å². The van der Waals surface area contributed by atoms with Crippen LogP contribution in [0.1, 0.15) is 0 Å². The first kappa shape index (κ1) is 18.0. The van der Waals surface area contributed by atoms with Crippen LogP contribution in [0.2, 0.25) is 0 Å². The lowest BCUT2D eigenvalue weighted by molar-refractivity contribution is 0.224. The summed E-state index contributed by atoms with van der Waals surface area (Å²) in [7, 11) is 9.70. The van der Waals surface area contributed by atoms with Gasteiger partial charge in [-0.25, -0.2) is 0 Å². The highest BCUT2D eigenvalue weighted by atomic mass is 33.1. The van der Waals surface area contributed by atoms with E-state index in [0.717, 1.165) is 0 Å². The molecule has 0 aromatic heterocycles. The number of rotatable bonds is 0. The highest BCUT2D eigenvalue weighted by Crippen LogP contribution is 2.31. The maximum absolute atomic E-state index is 9.70. The van der Waals surface area contributed by atoms with Gasteiger partial charge < -0.3 is 15.3 Å². The molecular formula is C9H18O3S6. The number of hydrogen-bond acceptors (Lipinski definition) is 9. The van der Waals surface area contributed by atoms with Gasteiger partial charge in [0.25, 0.3) is 0 Å². The van der Waals surface area contributed by atoms with Gasteiger partial charge in [0.1, 0.15) is 0 Å². The zero-order chi connectivity index (χ0) is 13.2. The molecule has 1 aliphatic heterocycles. The molecule has 0 aliphatic carbocycles. The fourth-order valence-electron chi connectivity index (χ4n) is 0.904. The lowest BCUT2D eigenvalue weighted by Gasteiger charge is -2.10. The van der Waals surface area contributed by atoms with Gasteiger partial charge in [-0.05, 0) is 0 Å². The Labute approximate surface area is 132 Å². The predicted molar refractivity (Wildman–Crippen MR) is 92.8 cm³/mol. The predicted octanol–water partition coefficient (Wildman–Crippen LogP) is 2.23. The number of hydrogen-bond donors (Lipinski definition) is 3. The van der Waals surface area contributed by atoms with E-state index in [1.165, 1.54) is 0 Å². The van der Waals surface area contributed by atoms with Gasteiger partial charge in [-0.2, -0.15) is 0 Å². The molecule has 0 spiro atoms. The molecule has 1 fully saturated rings. The molecule has 1 aliphatic rings. The molecule has 0 unspecified atom stereocenters. The molecule has 0 saturated carbocycles. The highest BCUT2D eigenvalue weighted by Gasteiger charge is 2.11. The van der Waals surface area contributed by atoms with E-state index in [4.69, 9.17) is 0 Å². The molecule has 1 rings (SSSR count). The second-order valence-electron chi connectivity index (χ2n) is 3.67. The van der Waals surface area contributed by atoms with Gasteiger partial charge >= 0.3 is 0 Å². The Hall–Kier alpha value is 1.98. The van der Waals surface area contributed by atoms with E-state index in [2.05, 4.69) is 0 Å². The average Bonchev–Trinajstić information content (AvgIpc) is 2.35. The van der Waals surface area contributed by atoms with Crippen molar-refractivity contribution in [2.45, 2.75) is 18.3 Å². The fourth-order valence-corrected chi connectivity index (χ4v) is 8.14. The van der Waals surface area contributed by atoms with Gasteiger partial charge in [0.2, 0.25) is 0 Å². The van der Waals surface area contributed by atoms with Crippen molar-refractivity contribution in [2.75, 3.05) is 34.5 Å². The van der Waals surface area contributed by atoms with Gasteiger partial charge in [0.05, 0.1) is 18.3 Å². The van der Waals surface area contributed by atoms with E-state index >= 15 is 0 Å². The second kappa shape index (κ2) is 11.6. The molecule has 1 heterocycles. The Balaban J connectivity index is 2.28. The van der Waals surface area contributed by atoms with Crippen LogP contribution in [-0.4, -0.2) is 68.1 Å². The van der Waals surface area contributed by atoms with Crippen LogP contribution in [0.4, 0.5) is 0 Å². The van der Waals surface area contributed by atoms with E-state index in [1.807, 2.05) is 0 Å². The van der Waals surface area contributed by atoms with Crippen LogP contribution < -0.4 is 0 Å². The first-order chi connectivity index (χ1) is 8.68. The highest BCUT2D eigenvalue weighted by molar-refractivity contribution is 8.77. The summed E-state index contributed by atoms with van der Waals surface area (Å²) in [6.07, 6.45) is -0.950. The maximum atomic E-state index is 9.70. The lowest BCUT2D eigenvalue weighted by Crippen LogP contribution is -2.14. The third-order valence-electron chi connectivity index (χ3n) is 1.81. The summed E-state index contributed by atoms with van der Waals surface area (Å²) < 4.78 is 0. The molecule has 3 N–H and O–H groups in total. The third-order valence-corrected chi connectivity index (χ3v) is 9.39. The van der Waals surface area contributed by atoms with Crippen molar-refractivity contribution in [2.24, 2.45) is 0 Å². The van der Waals surface area contributed by atoms with Crippen molar-refractivity contribution in [1.82, 2.24) is 0 Å². The Morgan fingerprint density at radius 1 is 0.444 bits per heavy atom. The lowest BCUT2D eigenvalue weighted by atomic mass is 10.5. The minimum absolute atomic E-state index is 0.317. The summed E-state index contributed by atoms with van der Waals surface area (Å²) in [5.74, 6) is 4.14. The Bertz CT molecular complexity index is 159. The molecule has 108 valence electrons. The summed E-state index contributed by atoms with van der Waals surface area (Å²) in [6.45, 7) is 0. The van der Waals surface area contributed by atoms with Crippen LogP contribution in [0.15, 0.2) is 0 Å². The first-order valence-corrected chi connectivity index (χ1v) is 12.9. The molecule has 0 aromatic carbocycles. The monoisotopic (exact) mass is 366 g/mol.